The van der Waals surface area contributed by atoms with Gasteiger partial charge in [0, 0.05) is 6.42 Å². The lowest BCUT2D eigenvalue weighted by Crippen LogP contribution is -2.56. The maximum Gasteiger partial charge on any atom is 0.129 e. The van der Waals surface area contributed by atoms with E-state index < -0.39 is 0 Å². The van der Waals surface area contributed by atoms with Gasteiger partial charge in [-0.2, -0.15) is 0 Å². The fourth-order valence-electron chi connectivity index (χ4n) is 8.79. The first-order chi connectivity index (χ1) is 12.3. The van der Waals surface area contributed by atoms with Gasteiger partial charge in [0.1, 0.15) is 5.78 Å². The fraction of sp³-hybridized carbons (Fsp3) is 0.960. The van der Waals surface area contributed by atoms with Gasteiger partial charge in [-0.3, -0.25) is 0 Å². The molecule has 0 bridgehead atoms. The highest BCUT2D eigenvalue weighted by molar-refractivity contribution is 5.75. The van der Waals surface area contributed by atoms with Crippen LogP contribution in [0.3, 0.4) is 0 Å². The second-order valence-corrected chi connectivity index (χ2v) is 11.5. The van der Waals surface area contributed by atoms with Crippen molar-refractivity contribution in [2.24, 2.45) is 39.9 Å². The van der Waals surface area contributed by atoms with E-state index in [0.717, 1.165) is 36.5 Å². The molecule has 148 valence electrons. The van der Waals surface area contributed by atoms with Gasteiger partial charge in [0.2, 0.25) is 0 Å². The Bertz CT molecular complexity index is 552. The molecule has 0 saturated heterocycles. The molecular formula is C25H42O. The molecular weight excluding hydrogens is 316 g/mol. The van der Waals surface area contributed by atoms with Crippen molar-refractivity contribution < 1.29 is 4.79 Å². The number of fused-ring (bicyclic) bond motifs is 5. The normalized spacial score (nSPS) is 50.6. The van der Waals surface area contributed by atoms with Crippen LogP contribution >= 0.6 is 0 Å². The van der Waals surface area contributed by atoms with Crippen LogP contribution in [-0.2, 0) is 4.79 Å². The minimum Gasteiger partial charge on any atom is -0.300 e. The lowest BCUT2D eigenvalue weighted by Gasteiger charge is -2.64. The molecule has 26 heavy (non-hydrogen) atoms. The summed E-state index contributed by atoms with van der Waals surface area (Å²) in [5.41, 5.74) is 1.82. The van der Waals surface area contributed by atoms with Crippen LogP contribution in [0.25, 0.3) is 0 Å². The molecule has 4 saturated carbocycles. The molecule has 4 fully saturated rings. The summed E-state index contributed by atoms with van der Waals surface area (Å²) in [6.45, 7) is 9.75. The van der Waals surface area contributed by atoms with Crippen molar-refractivity contribution in [3.05, 3.63) is 0 Å². The molecule has 0 radical (unpaired) electrons. The Morgan fingerprint density at radius 3 is 2.42 bits per heavy atom. The highest BCUT2D eigenvalue weighted by atomic mass is 16.1. The zero-order valence-electron chi connectivity index (χ0n) is 17.9. The molecule has 0 aromatic carbocycles. The molecule has 0 amide bonds. The summed E-state index contributed by atoms with van der Waals surface area (Å²) in [5.74, 6) is 4.25. The number of carbonyl (C=O) groups excluding carboxylic acids is 1. The number of hydrogen-bond acceptors (Lipinski definition) is 1. The number of ketones is 1. The standard InChI is InChI=1S/C25H42O/c1-18(26)8-7-9-19-10-11-21-20-12-16-23(2)14-5-6-15-25(23,4)22(20)13-17-24(19,21)3/h19-22H,5-17H2,1-4H3. The van der Waals surface area contributed by atoms with Crippen LogP contribution in [0.1, 0.15) is 111 Å². The van der Waals surface area contributed by atoms with E-state index in [9.17, 15) is 4.79 Å². The van der Waals surface area contributed by atoms with Crippen LogP contribution in [0.5, 0.6) is 0 Å². The van der Waals surface area contributed by atoms with E-state index in [1.54, 1.807) is 6.92 Å². The summed E-state index contributed by atoms with van der Waals surface area (Å²) in [6, 6.07) is 0. The van der Waals surface area contributed by atoms with Crippen LogP contribution in [0.15, 0.2) is 0 Å². The Morgan fingerprint density at radius 2 is 1.65 bits per heavy atom. The summed E-state index contributed by atoms with van der Waals surface area (Å²) in [4.78, 5) is 11.4. The summed E-state index contributed by atoms with van der Waals surface area (Å²) >= 11 is 0. The first-order valence-electron chi connectivity index (χ1n) is 11.8. The van der Waals surface area contributed by atoms with Gasteiger partial charge < -0.3 is 4.79 Å². The van der Waals surface area contributed by atoms with Crippen LogP contribution < -0.4 is 0 Å². The quantitative estimate of drug-likeness (QED) is 0.520. The third-order valence-corrected chi connectivity index (χ3v) is 10.6. The molecule has 7 atom stereocenters. The van der Waals surface area contributed by atoms with Gasteiger partial charge in [-0.1, -0.05) is 33.6 Å². The lowest BCUT2D eigenvalue weighted by molar-refractivity contribution is -0.152. The van der Waals surface area contributed by atoms with E-state index in [4.69, 9.17) is 0 Å². The van der Waals surface area contributed by atoms with Gasteiger partial charge in [-0.05, 0) is 111 Å². The molecule has 4 aliphatic carbocycles. The smallest absolute Gasteiger partial charge is 0.129 e. The number of rotatable bonds is 4. The monoisotopic (exact) mass is 358 g/mol. The average molecular weight is 359 g/mol. The molecule has 4 rings (SSSR count). The highest BCUT2D eigenvalue weighted by Gasteiger charge is 2.62. The van der Waals surface area contributed by atoms with Crippen molar-refractivity contribution >= 4 is 5.78 Å². The predicted molar refractivity (Wildman–Crippen MR) is 109 cm³/mol. The third kappa shape index (κ3) is 2.74. The fourth-order valence-corrected chi connectivity index (χ4v) is 8.79. The molecule has 0 heterocycles. The van der Waals surface area contributed by atoms with Crippen LogP contribution in [0, 0.1) is 39.9 Å². The summed E-state index contributed by atoms with van der Waals surface area (Å²) < 4.78 is 0. The van der Waals surface area contributed by atoms with Gasteiger partial charge in [0.15, 0.2) is 0 Å². The highest BCUT2D eigenvalue weighted by Crippen LogP contribution is 2.70. The first-order valence-corrected chi connectivity index (χ1v) is 11.8. The molecule has 1 heteroatoms. The average Bonchev–Trinajstić information content (AvgIpc) is 2.92. The molecule has 0 aromatic heterocycles. The maximum atomic E-state index is 11.4. The van der Waals surface area contributed by atoms with Crippen molar-refractivity contribution in [3.8, 4) is 0 Å². The van der Waals surface area contributed by atoms with Crippen molar-refractivity contribution in [2.75, 3.05) is 0 Å². The Morgan fingerprint density at radius 1 is 0.885 bits per heavy atom. The number of Topliss-reactive ketones (excluding diaryl/α,β-unsaturated/α-hetero) is 1. The summed E-state index contributed by atoms with van der Waals surface area (Å²) in [5, 5.41) is 0. The Kier molecular flexibility index (Phi) is 4.84. The lowest BCUT2D eigenvalue weighted by atomic mass is 9.40. The van der Waals surface area contributed by atoms with E-state index in [2.05, 4.69) is 20.8 Å². The van der Waals surface area contributed by atoms with Crippen LogP contribution in [0.2, 0.25) is 0 Å². The second-order valence-electron chi connectivity index (χ2n) is 11.5. The van der Waals surface area contributed by atoms with E-state index in [0.29, 0.717) is 22.0 Å². The van der Waals surface area contributed by atoms with E-state index in [-0.39, 0.29) is 0 Å². The van der Waals surface area contributed by atoms with Gasteiger partial charge in [0.05, 0.1) is 0 Å². The Balaban J connectivity index is 1.51. The zero-order valence-corrected chi connectivity index (χ0v) is 17.9. The van der Waals surface area contributed by atoms with Crippen molar-refractivity contribution in [1.29, 1.82) is 0 Å². The topological polar surface area (TPSA) is 17.1 Å². The molecule has 1 nitrogen and oxygen atoms in total. The van der Waals surface area contributed by atoms with Gasteiger partial charge in [0.25, 0.3) is 0 Å². The summed E-state index contributed by atoms with van der Waals surface area (Å²) in [7, 11) is 0. The Labute approximate surface area is 162 Å². The minimum atomic E-state index is 0.380. The van der Waals surface area contributed by atoms with Crippen molar-refractivity contribution in [2.45, 2.75) is 111 Å². The molecule has 0 aliphatic heterocycles. The molecule has 0 N–H and O–H groups in total. The minimum absolute atomic E-state index is 0.380. The van der Waals surface area contributed by atoms with Crippen LogP contribution in [0.4, 0.5) is 0 Å². The van der Waals surface area contributed by atoms with E-state index in [1.807, 2.05) is 0 Å². The number of hydrogen-bond donors (Lipinski definition) is 0. The van der Waals surface area contributed by atoms with E-state index in [1.165, 1.54) is 70.6 Å². The SMILES string of the molecule is CC(=O)CCCC1CCC2C3CCC4(C)CCCCC4(C)C3CCC12C. The zero-order chi connectivity index (χ0) is 18.6. The van der Waals surface area contributed by atoms with Crippen molar-refractivity contribution in [3.63, 3.8) is 0 Å². The van der Waals surface area contributed by atoms with Crippen LogP contribution in [-0.4, -0.2) is 5.78 Å². The Hall–Kier alpha value is -0.330. The summed E-state index contributed by atoms with van der Waals surface area (Å²) in [6.07, 6.45) is 18.1. The maximum absolute atomic E-state index is 11.4. The predicted octanol–water partition coefficient (Wildman–Crippen LogP) is 7.18. The first kappa shape index (κ1) is 19.0. The number of carbonyl (C=O) groups is 1. The molecule has 0 aromatic rings. The third-order valence-electron chi connectivity index (χ3n) is 10.6. The molecule has 0 spiro atoms. The molecule has 4 aliphatic rings. The molecule has 7 unspecified atom stereocenters. The van der Waals surface area contributed by atoms with Gasteiger partial charge in [-0.15, -0.1) is 0 Å². The second kappa shape index (κ2) is 6.63. The van der Waals surface area contributed by atoms with Gasteiger partial charge >= 0.3 is 0 Å². The van der Waals surface area contributed by atoms with Crippen molar-refractivity contribution in [1.82, 2.24) is 0 Å². The van der Waals surface area contributed by atoms with E-state index >= 15 is 0 Å². The largest absolute Gasteiger partial charge is 0.300 e. The van der Waals surface area contributed by atoms with Gasteiger partial charge in [-0.25, -0.2) is 0 Å².